The first-order valence-corrected chi connectivity index (χ1v) is 8.47. The second-order valence-electron chi connectivity index (χ2n) is 6.14. The maximum Gasteiger partial charge on any atom is 0.252 e. The predicted molar refractivity (Wildman–Crippen MR) is 102 cm³/mol. The highest BCUT2D eigenvalue weighted by atomic mass is 16.2. The third-order valence-corrected chi connectivity index (χ3v) is 4.33. The Hall–Kier alpha value is -3.74. The smallest absolute Gasteiger partial charge is 0.252 e. The lowest BCUT2D eigenvalue weighted by molar-refractivity contribution is 0.0952. The summed E-state index contributed by atoms with van der Waals surface area (Å²) in [5, 5.41) is 3.58. The highest BCUT2D eigenvalue weighted by molar-refractivity contribution is 6.05. The van der Waals surface area contributed by atoms with E-state index in [0.29, 0.717) is 23.0 Å². The van der Waals surface area contributed by atoms with Gasteiger partial charge in [-0.2, -0.15) is 0 Å². The third-order valence-electron chi connectivity index (χ3n) is 4.33. The lowest BCUT2D eigenvalue weighted by Gasteiger charge is -2.09. The molecule has 0 saturated carbocycles. The van der Waals surface area contributed by atoms with Gasteiger partial charge in [-0.3, -0.25) is 14.2 Å². The number of benzene rings is 1. The number of carbonyl (C=O) groups excluding carboxylic acids is 1. The van der Waals surface area contributed by atoms with Crippen LogP contribution >= 0.6 is 0 Å². The normalized spacial score (nSPS) is 10.9. The van der Waals surface area contributed by atoms with Crippen molar-refractivity contribution in [3.05, 3.63) is 88.4 Å². The molecule has 0 unspecified atom stereocenters. The molecule has 0 aliphatic carbocycles. The van der Waals surface area contributed by atoms with Crippen LogP contribution in [-0.4, -0.2) is 25.4 Å². The van der Waals surface area contributed by atoms with E-state index < -0.39 is 0 Å². The van der Waals surface area contributed by atoms with E-state index in [1.165, 1.54) is 6.07 Å². The first-order valence-electron chi connectivity index (χ1n) is 8.47. The lowest BCUT2D eigenvalue weighted by Crippen LogP contribution is -2.25. The van der Waals surface area contributed by atoms with Crippen molar-refractivity contribution in [1.82, 2.24) is 24.8 Å². The van der Waals surface area contributed by atoms with Crippen LogP contribution in [0.1, 0.15) is 21.7 Å². The van der Waals surface area contributed by atoms with Gasteiger partial charge in [0.2, 0.25) is 5.56 Å². The highest BCUT2D eigenvalue weighted by Gasteiger charge is 2.12. The molecule has 27 heavy (non-hydrogen) atoms. The van der Waals surface area contributed by atoms with E-state index in [1.807, 2.05) is 48.0 Å². The number of pyridine rings is 2. The minimum atomic E-state index is -0.305. The van der Waals surface area contributed by atoms with E-state index in [9.17, 15) is 9.59 Å². The summed E-state index contributed by atoms with van der Waals surface area (Å²) < 4.78 is 1.87. The monoisotopic (exact) mass is 359 g/mol. The van der Waals surface area contributed by atoms with E-state index >= 15 is 0 Å². The molecule has 0 aliphatic rings. The predicted octanol–water partition coefficient (Wildman–Crippen LogP) is 2.35. The summed E-state index contributed by atoms with van der Waals surface area (Å²) in [4.78, 5) is 35.8. The Kier molecular flexibility index (Phi) is 4.25. The Balaban J connectivity index is 1.57. The first kappa shape index (κ1) is 16.7. The van der Waals surface area contributed by atoms with Gasteiger partial charge in [-0.15, -0.1) is 0 Å². The number of nitrogens with zero attached hydrogens (tertiary/aromatic N) is 3. The van der Waals surface area contributed by atoms with Crippen molar-refractivity contribution in [1.29, 1.82) is 0 Å². The molecule has 0 atom stereocenters. The van der Waals surface area contributed by atoms with Crippen molar-refractivity contribution in [3.63, 3.8) is 0 Å². The number of nitrogens with one attached hydrogen (secondary N) is 2. The quantitative estimate of drug-likeness (QED) is 0.585. The number of aromatic nitrogens is 4. The van der Waals surface area contributed by atoms with Gasteiger partial charge in [-0.1, -0.05) is 18.2 Å². The SMILES string of the molecule is Cc1nccn1-c1cc(CNC(=O)c2cc(=O)[nH]c3ccccc23)ccn1. The van der Waals surface area contributed by atoms with Crippen LogP contribution in [0, 0.1) is 6.92 Å². The van der Waals surface area contributed by atoms with Gasteiger partial charge >= 0.3 is 0 Å². The fraction of sp³-hybridized carbons (Fsp3) is 0.100. The summed E-state index contributed by atoms with van der Waals surface area (Å²) in [7, 11) is 0. The number of amides is 1. The van der Waals surface area contributed by atoms with Crippen molar-refractivity contribution in [2.75, 3.05) is 0 Å². The maximum atomic E-state index is 12.7. The van der Waals surface area contributed by atoms with E-state index in [4.69, 9.17) is 0 Å². The number of aryl methyl sites for hydroxylation is 1. The Labute approximate surface area is 154 Å². The molecule has 3 heterocycles. The summed E-state index contributed by atoms with van der Waals surface area (Å²) in [6.45, 7) is 2.22. The number of H-pyrrole nitrogens is 1. The van der Waals surface area contributed by atoms with Gasteiger partial charge in [0.15, 0.2) is 0 Å². The molecular weight excluding hydrogens is 342 g/mol. The van der Waals surface area contributed by atoms with Crippen molar-refractivity contribution < 1.29 is 4.79 Å². The summed E-state index contributed by atoms with van der Waals surface area (Å²) in [6.07, 6.45) is 5.24. The fourth-order valence-corrected chi connectivity index (χ4v) is 2.99. The summed E-state index contributed by atoms with van der Waals surface area (Å²) in [5.74, 6) is 1.27. The minimum absolute atomic E-state index is 0.297. The molecule has 4 aromatic rings. The number of hydrogen-bond acceptors (Lipinski definition) is 4. The van der Waals surface area contributed by atoms with Crippen molar-refractivity contribution in [2.24, 2.45) is 0 Å². The molecule has 2 N–H and O–H groups in total. The number of carbonyl (C=O) groups is 1. The molecular formula is C20H17N5O2. The zero-order valence-electron chi connectivity index (χ0n) is 14.6. The van der Waals surface area contributed by atoms with Crippen molar-refractivity contribution in [2.45, 2.75) is 13.5 Å². The van der Waals surface area contributed by atoms with Crippen LogP contribution in [0.25, 0.3) is 16.7 Å². The Bertz CT molecular complexity index is 1190. The van der Waals surface area contributed by atoms with Crippen LogP contribution < -0.4 is 10.9 Å². The van der Waals surface area contributed by atoms with Crippen LogP contribution in [0.4, 0.5) is 0 Å². The zero-order valence-corrected chi connectivity index (χ0v) is 14.6. The number of para-hydroxylation sites is 1. The average molecular weight is 359 g/mol. The molecule has 0 radical (unpaired) electrons. The molecule has 1 aromatic carbocycles. The van der Waals surface area contributed by atoms with Crippen LogP contribution in [0.2, 0.25) is 0 Å². The molecule has 3 aromatic heterocycles. The molecule has 0 spiro atoms. The maximum absolute atomic E-state index is 12.7. The van der Waals surface area contributed by atoms with E-state index in [1.54, 1.807) is 18.5 Å². The second-order valence-corrected chi connectivity index (χ2v) is 6.14. The highest BCUT2D eigenvalue weighted by Crippen LogP contribution is 2.15. The van der Waals surface area contributed by atoms with Crippen LogP contribution in [0.5, 0.6) is 0 Å². The van der Waals surface area contributed by atoms with Crippen LogP contribution in [0.3, 0.4) is 0 Å². The molecule has 7 heteroatoms. The minimum Gasteiger partial charge on any atom is -0.348 e. The molecule has 7 nitrogen and oxygen atoms in total. The van der Waals surface area contributed by atoms with Crippen molar-refractivity contribution >= 4 is 16.8 Å². The van der Waals surface area contributed by atoms with Gasteiger partial charge in [-0.05, 0) is 30.7 Å². The molecule has 4 rings (SSSR count). The van der Waals surface area contributed by atoms with Gasteiger partial charge in [0, 0.05) is 42.1 Å². The number of hydrogen-bond donors (Lipinski definition) is 2. The average Bonchev–Trinajstić information content (AvgIpc) is 3.11. The molecule has 0 saturated heterocycles. The molecule has 1 amide bonds. The Morgan fingerprint density at radius 2 is 2.00 bits per heavy atom. The summed E-state index contributed by atoms with van der Waals surface area (Å²) in [5.41, 5.74) is 1.59. The zero-order chi connectivity index (χ0) is 18.8. The molecule has 0 bridgehead atoms. The van der Waals surface area contributed by atoms with Crippen LogP contribution in [-0.2, 0) is 6.54 Å². The Morgan fingerprint density at radius 1 is 1.15 bits per heavy atom. The van der Waals surface area contributed by atoms with Gasteiger partial charge in [0.05, 0.1) is 5.56 Å². The third kappa shape index (κ3) is 3.35. The number of rotatable bonds is 4. The standard InChI is InChI=1S/C20H17N5O2/c1-13-21-8-9-25(13)18-10-14(6-7-22-18)12-23-20(27)16-11-19(26)24-17-5-3-2-4-15(16)17/h2-11H,12H2,1H3,(H,23,27)(H,24,26). The molecule has 0 fully saturated rings. The molecule has 0 aliphatic heterocycles. The van der Waals surface area contributed by atoms with E-state index in [2.05, 4.69) is 20.3 Å². The van der Waals surface area contributed by atoms with Crippen LogP contribution in [0.15, 0.2) is 65.8 Å². The number of imidazole rings is 1. The number of fused-ring (bicyclic) bond motifs is 1. The van der Waals surface area contributed by atoms with E-state index in [0.717, 1.165) is 17.2 Å². The number of aromatic amines is 1. The Morgan fingerprint density at radius 3 is 2.81 bits per heavy atom. The van der Waals surface area contributed by atoms with Gasteiger partial charge in [0.1, 0.15) is 11.6 Å². The fourth-order valence-electron chi connectivity index (χ4n) is 2.99. The first-order chi connectivity index (χ1) is 13.1. The van der Waals surface area contributed by atoms with Gasteiger partial charge in [-0.25, -0.2) is 9.97 Å². The second kappa shape index (κ2) is 6.87. The lowest BCUT2D eigenvalue weighted by atomic mass is 10.1. The van der Waals surface area contributed by atoms with Gasteiger partial charge in [0.25, 0.3) is 5.91 Å². The largest absolute Gasteiger partial charge is 0.348 e. The summed E-state index contributed by atoms with van der Waals surface area (Å²) >= 11 is 0. The van der Waals surface area contributed by atoms with Crippen molar-refractivity contribution in [3.8, 4) is 5.82 Å². The molecule has 134 valence electrons. The van der Waals surface area contributed by atoms with Gasteiger partial charge < -0.3 is 10.3 Å². The van der Waals surface area contributed by atoms with E-state index in [-0.39, 0.29) is 11.5 Å². The summed E-state index contributed by atoms with van der Waals surface area (Å²) in [6, 6.07) is 12.3. The topological polar surface area (TPSA) is 92.7 Å².